The Morgan fingerprint density at radius 2 is 1.91 bits per heavy atom. The van der Waals surface area contributed by atoms with Crippen molar-refractivity contribution in [2.75, 3.05) is 0 Å². The highest BCUT2D eigenvalue weighted by atomic mass is 16.1. The molecule has 0 bridgehead atoms. The molecule has 0 aliphatic carbocycles. The van der Waals surface area contributed by atoms with Crippen LogP contribution >= 0.6 is 0 Å². The molecule has 23 heavy (non-hydrogen) atoms. The highest BCUT2D eigenvalue weighted by Crippen LogP contribution is 2.27. The fraction of sp³-hybridized carbons (Fsp3) is 0.400. The molecule has 0 spiro atoms. The third kappa shape index (κ3) is 3.79. The first-order valence-corrected chi connectivity index (χ1v) is 8.16. The van der Waals surface area contributed by atoms with Gasteiger partial charge in [0.1, 0.15) is 5.69 Å². The molecule has 0 aliphatic heterocycles. The van der Waals surface area contributed by atoms with Gasteiger partial charge in [-0.2, -0.15) is 5.10 Å². The van der Waals surface area contributed by atoms with Gasteiger partial charge in [0, 0.05) is 12.6 Å². The summed E-state index contributed by atoms with van der Waals surface area (Å²) in [5, 5.41) is 4.49. The molecule has 0 amide bonds. The topological polar surface area (TPSA) is 34.9 Å². The number of nitrogens with zero attached hydrogens (tertiary/aromatic N) is 2. The zero-order valence-electron chi connectivity index (χ0n) is 14.9. The molecule has 122 valence electrons. The summed E-state index contributed by atoms with van der Waals surface area (Å²) >= 11 is 0. The minimum atomic E-state index is 0.00298. The van der Waals surface area contributed by atoms with Crippen molar-refractivity contribution < 1.29 is 4.79 Å². The fourth-order valence-corrected chi connectivity index (χ4v) is 2.77. The molecule has 2 rings (SSSR count). The number of aryl methyl sites for hydroxylation is 2. The maximum absolute atomic E-state index is 11.6. The molecular formula is C20H26N2O. The number of hydrogen-bond donors (Lipinski definition) is 0. The Bertz CT molecular complexity index is 738. The van der Waals surface area contributed by atoms with Gasteiger partial charge in [-0.3, -0.25) is 9.48 Å². The van der Waals surface area contributed by atoms with E-state index >= 15 is 0 Å². The number of aromatic nitrogens is 2. The second kappa shape index (κ2) is 6.95. The minimum Gasteiger partial charge on any atom is -0.293 e. The molecule has 0 saturated carbocycles. The summed E-state index contributed by atoms with van der Waals surface area (Å²) in [5.74, 6) is 0.511. The van der Waals surface area contributed by atoms with Gasteiger partial charge in [0.25, 0.3) is 0 Å². The third-order valence-electron chi connectivity index (χ3n) is 4.11. The molecule has 1 aromatic heterocycles. The first-order chi connectivity index (χ1) is 10.8. The molecule has 3 heteroatoms. The molecule has 1 heterocycles. The van der Waals surface area contributed by atoms with Gasteiger partial charge in [-0.15, -0.1) is 0 Å². The fourth-order valence-electron chi connectivity index (χ4n) is 2.77. The van der Waals surface area contributed by atoms with E-state index in [1.54, 1.807) is 6.92 Å². The van der Waals surface area contributed by atoms with Crippen LogP contribution in [0.2, 0.25) is 0 Å². The second-order valence-electron chi connectivity index (χ2n) is 6.53. The first-order valence-electron chi connectivity index (χ1n) is 8.16. The van der Waals surface area contributed by atoms with Gasteiger partial charge in [-0.05, 0) is 49.4 Å². The van der Waals surface area contributed by atoms with Gasteiger partial charge in [-0.25, -0.2) is 0 Å². The molecule has 0 N–H and O–H groups in total. The number of carbonyl (C=O) groups is 1. The molecule has 0 fully saturated rings. The van der Waals surface area contributed by atoms with Crippen molar-refractivity contribution in [1.29, 1.82) is 0 Å². The van der Waals surface area contributed by atoms with Crippen molar-refractivity contribution >= 4 is 11.9 Å². The van der Waals surface area contributed by atoms with Crippen molar-refractivity contribution in [3.8, 4) is 0 Å². The average molecular weight is 310 g/mol. The van der Waals surface area contributed by atoms with Crippen LogP contribution in [0.15, 0.2) is 30.3 Å². The molecule has 1 atom stereocenters. The number of rotatable bonds is 5. The monoisotopic (exact) mass is 310 g/mol. The number of Topliss-reactive ketones (excluding diaryl/α,β-unsaturated/α-hetero) is 1. The average Bonchev–Trinajstić information content (AvgIpc) is 2.87. The van der Waals surface area contributed by atoms with E-state index in [2.05, 4.69) is 63.1 Å². The van der Waals surface area contributed by atoms with Crippen LogP contribution < -0.4 is 0 Å². The number of allylic oxidation sites excluding steroid dienone is 1. The summed E-state index contributed by atoms with van der Waals surface area (Å²) in [6.45, 7) is 12.2. The van der Waals surface area contributed by atoms with E-state index in [0.717, 1.165) is 5.69 Å². The SMILES string of the molecule is CC(=O)c1cc(C)n(C(C)c2cccc(C)c2/C=C\C(C)C)n1. The Labute approximate surface area is 139 Å². The molecule has 0 radical (unpaired) electrons. The largest absolute Gasteiger partial charge is 0.293 e. The Hall–Kier alpha value is -2.16. The zero-order valence-corrected chi connectivity index (χ0v) is 14.9. The molecule has 1 aromatic carbocycles. The molecular weight excluding hydrogens is 284 g/mol. The Morgan fingerprint density at radius 1 is 1.22 bits per heavy atom. The van der Waals surface area contributed by atoms with E-state index in [1.165, 1.54) is 16.7 Å². The van der Waals surface area contributed by atoms with E-state index in [-0.39, 0.29) is 11.8 Å². The summed E-state index contributed by atoms with van der Waals surface area (Å²) in [7, 11) is 0. The number of benzene rings is 1. The van der Waals surface area contributed by atoms with Crippen LogP contribution in [0.4, 0.5) is 0 Å². The molecule has 0 saturated heterocycles. The van der Waals surface area contributed by atoms with Gasteiger partial charge >= 0.3 is 0 Å². The van der Waals surface area contributed by atoms with Crippen LogP contribution in [0.3, 0.4) is 0 Å². The maximum Gasteiger partial charge on any atom is 0.179 e. The van der Waals surface area contributed by atoms with Crippen LogP contribution in [0.1, 0.15) is 66.6 Å². The molecule has 2 aromatic rings. The van der Waals surface area contributed by atoms with Gasteiger partial charge in [0.05, 0.1) is 6.04 Å². The Balaban J connectivity index is 2.49. The van der Waals surface area contributed by atoms with Gasteiger partial charge in [0.2, 0.25) is 0 Å². The zero-order chi connectivity index (χ0) is 17.1. The summed E-state index contributed by atoms with van der Waals surface area (Å²) in [5.41, 5.74) is 5.25. The molecule has 3 nitrogen and oxygen atoms in total. The van der Waals surface area contributed by atoms with Crippen LogP contribution in [-0.2, 0) is 0 Å². The lowest BCUT2D eigenvalue weighted by atomic mass is 9.96. The van der Waals surface area contributed by atoms with E-state index in [0.29, 0.717) is 11.6 Å². The van der Waals surface area contributed by atoms with Crippen molar-refractivity contribution in [3.05, 3.63) is 58.4 Å². The summed E-state index contributed by atoms with van der Waals surface area (Å²) < 4.78 is 1.94. The standard InChI is InChI=1S/C20H26N2O/c1-13(2)10-11-18-14(3)8-7-9-19(18)16(5)22-15(4)12-20(21-22)17(6)23/h7-13,16H,1-6H3/b11-10-. The van der Waals surface area contributed by atoms with Crippen molar-refractivity contribution in [2.45, 2.75) is 47.6 Å². The van der Waals surface area contributed by atoms with Crippen LogP contribution in [0.25, 0.3) is 6.08 Å². The van der Waals surface area contributed by atoms with Gasteiger partial charge < -0.3 is 0 Å². The van der Waals surface area contributed by atoms with E-state index in [9.17, 15) is 4.79 Å². The van der Waals surface area contributed by atoms with E-state index in [1.807, 2.05) is 17.7 Å². The van der Waals surface area contributed by atoms with Crippen molar-refractivity contribution in [3.63, 3.8) is 0 Å². The summed E-state index contributed by atoms with van der Waals surface area (Å²) in [6, 6.07) is 8.30. The van der Waals surface area contributed by atoms with E-state index < -0.39 is 0 Å². The smallest absolute Gasteiger partial charge is 0.179 e. The number of hydrogen-bond acceptors (Lipinski definition) is 2. The third-order valence-corrected chi connectivity index (χ3v) is 4.11. The Kier molecular flexibility index (Phi) is 5.19. The summed E-state index contributed by atoms with van der Waals surface area (Å²) in [6.07, 6.45) is 4.42. The van der Waals surface area contributed by atoms with Crippen molar-refractivity contribution in [2.24, 2.45) is 5.92 Å². The lowest BCUT2D eigenvalue weighted by Crippen LogP contribution is -2.12. The summed E-state index contributed by atoms with van der Waals surface area (Å²) in [4.78, 5) is 11.6. The highest BCUT2D eigenvalue weighted by molar-refractivity contribution is 5.92. The lowest BCUT2D eigenvalue weighted by molar-refractivity contribution is 0.101. The number of carbonyl (C=O) groups excluding carboxylic acids is 1. The molecule has 1 unspecified atom stereocenters. The minimum absolute atomic E-state index is 0.00298. The second-order valence-corrected chi connectivity index (χ2v) is 6.53. The van der Waals surface area contributed by atoms with Crippen LogP contribution in [0.5, 0.6) is 0 Å². The van der Waals surface area contributed by atoms with E-state index in [4.69, 9.17) is 0 Å². The Morgan fingerprint density at radius 3 is 2.48 bits per heavy atom. The van der Waals surface area contributed by atoms with Crippen LogP contribution in [-0.4, -0.2) is 15.6 Å². The van der Waals surface area contributed by atoms with Crippen molar-refractivity contribution in [1.82, 2.24) is 9.78 Å². The normalized spacial score (nSPS) is 13.0. The molecule has 0 aliphatic rings. The van der Waals surface area contributed by atoms with Gasteiger partial charge in [-0.1, -0.05) is 44.2 Å². The lowest BCUT2D eigenvalue weighted by Gasteiger charge is -2.19. The predicted molar refractivity (Wildman–Crippen MR) is 95.8 cm³/mol. The number of ketones is 1. The maximum atomic E-state index is 11.6. The van der Waals surface area contributed by atoms with Gasteiger partial charge in [0.15, 0.2) is 5.78 Å². The quantitative estimate of drug-likeness (QED) is 0.730. The first kappa shape index (κ1) is 17.2. The van der Waals surface area contributed by atoms with Crippen LogP contribution in [0, 0.1) is 19.8 Å². The predicted octanol–water partition coefficient (Wildman–Crippen LogP) is 4.98. The highest BCUT2D eigenvalue weighted by Gasteiger charge is 2.17.